The smallest absolute Gasteiger partial charge is 0.347 e. The van der Waals surface area contributed by atoms with Gasteiger partial charge in [0.05, 0.1) is 17.5 Å². The number of carbonyl (C=O) groups is 2. The van der Waals surface area contributed by atoms with Crippen molar-refractivity contribution in [3.8, 4) is 0 Å². The fraction of sp³-hybridized carbons (Fsp3) is 0.407. The Bertz CT molecular complexity index is 1540. The molecule has 3 heterocycles. The van der Waals surface area contributed by atoms with E-state index in [9.17, 15) is 27.0 Å². The van der Waals surface area contributed by atoms with Crippen molar-refractivity contribution in [2.24, 2.45) is 7.05 Å². The van der Waals surface area contributed by atoms with Crippen molar-refractivity contribution in [2.75, 3.05) is 16.4 Å². The molecule has 0 atom stereocenters. The van der Waals surface area contributed by atoms with Crippen LogP contribution in [0.25, 0.3) is 0 Å². The van der Waals surface area contributed by atoms with E-state index in [-0.39, 0.29) is 23.2 Å². The third-order valence-electron chi connectivity index (χ3n) is 8.15. The maximum Gasteiger partial charge on any atom is 0.416 e. The van der Waals surface area contributed by atoms with Crippen LogP contribution in [-0.4, -0.2) is 47.8 Å². The van der Waals surface area contributed by atoms with Crippen molar-refractivity contribution >= 4 is 28.3 Å². The number of halogens is 3. The number of fused-ring (bicyclic) bond motifs is 1. The molecule has 2 fully saturated rings. The molecule has 0 radical (unpaired) electrons. The predicted octanol–water partition coefficient (Wildman–Crippen LogP) is 3.72. The van der Waals surface area contributed by atoms with Crippen LogP contribution >= 0.6 is 0 Å². The highest BCUT2D eigenvalue weighted by Gasteiger charge is 2.49. The van der Waals surface area contributed by atoms with Gasteiger partial charge >= 0.3 is 6.18 Å². The first-order valence-corrected chi connectivity index (χ1v) is 14.1. The van der Waals surface area contributed by atoms with Crippen LogP contribution in [0.15, 0.2) is 42.7 Å². The van der Waals surface area contributed by atoms with Crippen LogP contribution < -0.4 is 10.2 Å². The van der Waals surface area contributed by atoms with Gasteiger partial charge in [0.15, 0.2) is 0 Å². The van der Waals surface area contributed by atoms with Crippen LogP contribution in [0.3, 0.4) is 0 Å². The number of anilines is 1. The molecule has 2 amide bonds. The first kappa shape index (κ1) is 25.7. The lowest BCUT2D eigenvalue weighted by molar-refractivity contribution is -0.138. The number of amides is 2. The minimum Gasteiger partial charge on any atom is -0.347 e. The molecular formula is C27H26F3N5O3S. The molecule has 1 saturated heterocycles. The molecule has 1 aromatic heterocycles. The van der Waals surface area contributed by atoms with E-state index in [1.165, 1.54) is 11.0 Å². The molecule has 0 unspecified atom stereocenters. The minimum atomic E-state index is -4.75. The molecule has 1 aliphatic carbocycles. The maximum atomic E-state index is 14.2. The summed E-state index contributed by atoms with van der Waals surface area (Å²) >= 11 is 0. The largest absolute Gasteiger partial charge is 0.416 e. The van der Waals surface area contributed by atoms with Crippen molar-refractivity contribution in [1.82, 2.24) is 20.1 Å². The van der Waals surface area contributed by atoms with Crippen molar-refractivity contribution < 1.29 is 27.0 Å². The van der Waals surface area contributed by atoms with E-state index < -0.39 is 45.3 Å². The van der Waals surface area contributed by atoms with Crippen LogP contribution in [0.1, 0.15) is 69.4 Å². The lowest BCUT2D eigenvalue weighted by atomic mass is 9.78. The molecule has 1 N–H and O–H groups in total. The van der Waals surface area contributed by atoms with Crippen LogP contribution in [0.2, 0.25) is 0 Å². The highest BCUT2D eigenvalue weighted by atomic mass is 32.2. The van der Waals surface area contributed by atoms with E-state index in [1.807, 2.05) is 13.0 Å². The summed E-state index contributed by atoms with van der Waals surface area (Å²) in [5.74, 6) is 0.0503. The molecule has 6 rings (SSSR count). The van der Waals surface area contributed by atoms with Gasteiger partial charge in [-0.05, 0) is 61.6 Å². The SMILES string of the molecule is Cn1cnnc1C1(c2cccc(N3Cc4c(cc(C(=O)NC5(C)CCC5)cc4C(F)(F)F)C3=O)c2)CS(=O)C1. The predicted molar refractivity (Wildman–Crippen MR) is 138 cm³/mol. The molecule has 0 bridgehead atoms. The minimum absolute atomic E-state index is 0.132. The van der Waals surface area contributed by atoms with Gasteiger partial charge in [-0.25, -0.2) is 0 Å². The Hall–Kier alpha value is -3.54. The van der Waals surface area contributed by atoms with Gasteiger partial charge < -0.3 is 14.8 Å². The third kappa shape index (κ3) is 4.16. The number of benzene rings is 2. The lowest BCUT2D eigenvalue weighted by Gasteiger charge is -2.40. The van der Waals surface area contributed by atoms with Gasteiger partial charge in [-0.15, -0.1) is 10.2 Å². The zero-order valence-corrected chi connectivity index (χ0v) is 22.2. The maximum absolute atomic E-state index is 14.2. The molecule has 3 aliphatic rings. The van der Waals surface area contributed by atoms with Gasteiger partial charge in [0.25, 0.3) is 11.8 Å². The average molecular weight is 558 g/mol. The number of rotatable bonds is 5. The normalized spacial score (nSPS) is 23.7. The van der Waals surface area contributed by atoms with Crippen LogP contribution in [0.5, 0.6) is 0 Å². The second kappa shape index (κ2) is 8.73. The molecule has 204 valence electrons. The number of hydrogen-bond acceptors (Lipinski definition) is 5. The summed E-state index contributed by atoms with van der Waals surface area (Å²) < 4.78 is 56.4. The number of aryl methyl sites for hydroxylation is 1. The number of alkyl halides is 3. The average Bonchev–Trinajstić information content (AvgIpc) is 3.43. The Balaban J connectivity index is 1.37. The quantitative estimate of drug-likeness (QED) is 0.516. The van der Waals surface area contributed by atoms with E-state index in [1.54, 1.807) is 36.1 Å². The second-order valence-electron chi connectivity index (χ2n) is 10.9. The van der Waals surface area contributed by atoms with Crippen LogP contribution in [0.4, 0.5) is 18.9 Å². The highest BCUT2D eigenvalue weighted by molar-refractivity contribution is 7.86. The highest BCUT2D eigenvalue weighted by Crippen LogP contribution is 2.43. The first-order chi connectivity index (χ1) is 18.4. The summed E-state index contributed by atoms with van der Waals surface area (Å²) in [4.78, 5) is 27.7. The Labute approximate surface area is 225 Å². The zero-order chi connectivity index (χ0) is 27.7. The van der Waals surface area contributed by atoms with Crippen molar-refractivity contribution in [3.63, 3.8) is 0 Å². The second-order valence-corrected chi connectivity index (χ2v) is 12.4. The summed E-state index contributed by atoms with van der Waals surface area (Å²) in [6.07, 6.45) is -0.746. The molecule has 8 nitrogen and oxygen atoms in total. The summed E-state index contributed by atoms with van der Waals surface area (Å²) in [5, 5.41) is 11.0. The van der Waals surface area contributed by atoms with E-state index >= 15 is 0 Å². The van der Waals surface area contributed by atoms with Crippen LogP contribution in [-0.2, 0) is 36.0 Å². The Morgan fingerprint density at radius 3 is 2.49 bits per heavy atom. The van der Waals surface area contributed by atoms with E-state index in [0.29, 0.717) is 23.0 Å². The molecule has 1 saturated carbocycles. The van der Waals surface area contributed by atoms with Crippen molar-refractivity contribution in [3.05, 3.63) is 76.4 Å². The number of nitrogens with zero attached hydrogens (tertiary/aromatic N) is 4. The van der Waals surface area contributed by atoms with Gasteiger partial charge in [0.1, 0.15) is 12.2 Å². The summed E-state index contributed by atoms with van der Waals surface area (Å²) in [5.41, 5.74) is -1.42. The Kier molecular flexibility index (Phi) is 5.76. The summed E-state index contributed by atoms with van der Waals surface area (Å²) in [6.45, 7) is 1.58. The van der Waals surface area contributed by atoms with Gasteiger partial charge in [0.2, 0.25) is 0 Å². The molecule has 0 spiro atoms. The standard InChI is InChI=1S/C27H26F3N5O3S/c1-25(7-4-8-25)32-22(36)16-9-19-20(21(10-16)27(28,29)30)12-35(23(19)37)18-6-3-5-17(11-18)26(13-39(38)14-26)24-33-31-15-34(24)2/h3,5-6,9-11,15H,4,7-8,12-14H2,1-2H3,(H,32,36). The van der Waals surface area contributed by atoms with Crippen molar-refractivity contribution in [2.45, 2.75) is 49.9 Å². The Morgan fingerprint density at radius 1 is 1.15 bits per heavy atom. The fourth-order valence-electron chi connectivity index (χ4n) is 5.80. The monoisotopic (exact) mass is 557 g/mol. The van der Waals surface area contributed by atoms with Crippen LogP contribution in [0, 0.1) is 0 Å². The third-order valence-corrected chi connectivity index (χ3v) is 9.78. The summed E-state index contributed by atoms with van der Waals surface area (Å²) in [6, 6.07) is 9.08. The molecule has 2 aliphatic heterocycles. The van der Waals surface area contributed by atoms with E-state index in [4.69, 9.17) is 0 Å². The number of nitrogens with one attached hydrogen (secondary N) is 1. The zero-order valence-electron chi connectivity index (χ0n) is 21.3. The first-order valence-electron chi connectivity index (χ1n) is 12.6. The number of hydrogen-bond donors (Lipinski definition) is 1. The van der Waals surface area contributed by atoms with Gasteiger partial charge in [-0.1, -0.05) is 12.1 Å². The summed E-state index contributed by atoms with van der Waals surface area (Å²) in [7, 11) is 0.740. The number of aromatic nitrogens is 3. The topological polar surface area (TPSA) is 97.2 Å². The molecule has 3 aromatic rings. The Morgan fingerprint density at radius 2 is 1.90 bits per heavy atom. The lowest BCUT2D eigenvalue weighted by Crippen LogP contribution is -2.51. The number of carbonyl (C=O) groups excluding carboxylic acids is 2. The fourth-order valence-corrected chi connectivity index (χ4v) is 7.41. The van der Waals surface area contributed by atoms with Gasteiger partial charge in [0, 0.05) is 51.7 Å². The van der Waals surface area contributed by atoms with Gasteiger partial charge in [-0.3, -0.25) is 13.8 Å². The van der Waals surface area contributed by atoms with E-state index in [0.717, 1.165) is 30.9 Å². The molecular weight excluding hydrogens is 531 g/mol. The van der Waals surface area contributed by atoms with Gasteiger partial charge in [-0.2, -0.15) is 13.2 Å². The molecule has 39 heavy (non-hydrogen) atoms. The van der Waals surface area contributed by atoms with E-state index in [2.05, 4.69) is 15.5 Å². The molecule has 2 aromatic carbocycles. The van der Waals surface area contributed by atoms with Crippen molar-refractivity contribution in [1.29, 1.82) is 0 Å². The molecule has 12 heteroatoms.